The van der Waals surface area contributed by atoms with Crippen LogP contribution < -0.4 is 0 Å². The van der Waals surface area contributed by atoms with Crippen molar-refractivity contribution in [1.82, 2.24) is 0 Å². The molecule has 1 atom stereocenters. The fourth-order valence-corrected chi connectivity index (χ4v) is 9.28. The van der Waals surface area contributed by atoms with Crippen LogP contribution in [0.5, 0.6) is 0 Å². The third kappa shape index (κ3) is 70.9. The molecule has 0 spiro atoms. The Hall–Kier alpha value is -0.967. The van der Waals surface area contributed by atoms with E-state index in [1.165, 1.54) is 262 Å². The minimum absolute atomic E-state index is 0.345. The molecule has 361 valence electrons. The summed E-state index contributed by atoms with van der Waals surface area (Å²) in [5, 5.41) is 25.6. The zero-order valence-corrected chi connectivity index (χ0v) is 44.6. The molecule has 1 unspecified atom stereocenters. The average Bonchev–Trinajstić information content (AvgIpc) is 3.23. The Labute approximate surface area is 391 Å². The predicted molar refractivity (Wildman–Crippen MR) is 261 cm³/mol. The SMILES string of the molecule is CCCCCCCCCCCCCCCCCC(=O)O.CCCCCCCCCCCCCCCCCC(=O)O.CCCCCCCC[CH]([Zn])CCCCCCCCC(=O)O. The summed E-state index contributed by atoms with van der Waals surface area (Å²) in [4.78, 5) is 31.0. The zero-order valence-electron chi connectivity index (χ0n) is 41.6. The van der Waals surface area contributed by atoms with E-state index in [4.69, 9.17) is 15.3 Å². The topological polar surface area (TPSA) is 112 Å². The molecule has 0 aromatic heterocycles. The average molecular weight is 918 g/mol. The van der Waals surface area contributed by atoms with E-state index in [0.29, 0.717) is 19.3 Å². The van der Waals surface area contributed by atoms with E-state index >= 15 is 0 Å². The maximum atomic E-state index is 10.4. The van der Waals surface area contributed by atoms with Crippen molar-refractivity contribution in [1.29, 1.82) is 0 Å². The van der Waals surface area contributed by atoms with Crippen molar-refractivity contribution in [2.24, 2.45) is 0 Å². The Morgan fingerprint density at radius 1 is 0.279 bits per heavy atom. The molecule has 3 N–H and O–H groups in total. The number of rotatable bonds is 48. The van der Waals surface area contributed by atoms with Crippen LogP contribution >= 0.6 is 0 Å². The molecule has 0 fully saturated rings. The molecular weight excluding hydrogens is 810 g/mol. The van der Waals surface area contributed by atoms with Crippen LogP contribution in [-0.4, -0.2) is 33.2 Å². The van der Waals surface area contributed by atoms with Crippen molar-refractivity contribution < 1.29 is 48.0 Å². The molecule has 0 saturated carbocycles. The molecule has 0 heterocycles. The molecule has 0 aromatic rings. The summed E-state index contributed by atoms with van der Waals surface area (Å²) in [6.07, 6.45) is 59.4. The number of carboxylic acids is 3. The van der Waals surface area contributed by atoms with Crippen LogP contribution in [0.1, 0.15) is 323 Å². The summed E-state index contributed by atoms with van der Waals surface area (Å²) in [6, 6.07) is 0. The van der Waals surface area contributed by atoms with E-state index in [-0.39, 0.29) is 0 Å². The molecule has 0 aromatic carbocycles. The van der Waals surface area contributed by atoms with Gasteiger partial charge in [-0.1, -0.05) is 194 Å². The molecule has 0 aliphatic rings. The van der Waals surface area contributed by atoms with Crippen molar-refractivity contribution in [3.8, 4) is 0 Å². The fraction of sp³-hybridized carbons (Fsp3) is 0.944. The predicted octanol–water partition coefficient (Wildman–Crippen LogP) is 18.9. The second-order valence-electron chi connectivity index (χ2n) is 18.7. The second-order valence-corrected chi connectivity index (χ2v) is 21.1. The van der Waals surface area contributed by atoms with Crippen molar-refractivity contribution in [3.05, 3.63) is 0 Å². The van der Waals surface area contributed by atoms with Crippen molar-refractivity contribution >= 4 is 17.9 Å². The minimum atomic E-state index is -0.653. The molecule has 0 radical (unpaired) electrons. The van der Waals surface area contributed by atoms with E-state index in [1.807, 2.05) is 0 Å². The van der Waals surface area contributed by atoms with Gasteiger partial charge in [0, 0.05) is 12.8 Å². The van der Waals surface area contributed by atoms with Gasteiger partial charge < -0.3 is 10.2 Å². The second kappa shape index (κ2) is 59.0. The molecule has 6 nitrogen and oxygen atoms in total. The van der Waals surface area contributed by atoms with Gasteiger partial charge in [0.25, 0.3) is 0 Å². The molecule has 0 aliphatic carbocycles. The standard InChI is InChI=1S/2C18H36O2.C18H35O2.Zn/c3*1-2-3-4-5-6-7-8-9-10-11-12-13-14-15-16-17-18(19)20;/h2*2-17H2,1H3,(H,19,20);9H,2-8,10-17H2,1H3,(H,19,20);. The fourth-order valence-electron chi connectivity index (χ4n) is 8.07. The monoisotopic (exact) mass is 916 g/mol. The number of carboxylic acid groups (broad SMARTS) is 3. The number of hydrogen-bond acceptors (Lipinski definition) is 3. The number of carbonyl (C=O) groups is 3. The van der Waals surface area contributed by atoms with E-state index in [1.54, 1.807) is 0 Å². The Morgan fingerprint density at radius 2 is 0.426 bits per heavy atom. The van der Waals surface area contributed by atoms with Crippen LogP contribution in [-0.2, 0) is 32.7 Å². The van der Waals surface area contributed by atoms with E-state index < -0.39 is 17.9 Å². The van der Waals surface area contributed by atoms with Gasteiger partial charge >= 0.3 is 154 Å². The molecule has 0 rings (SSSR count). The van der Waals surface area contributed by atoms with Gasteiger partial charge in [-0.15, -0.1) is 0 Å². The molecule has 61 heavy (non-hydrogen) atoms. The van der Waals surface area contributed by atoms with Crippen molar-refractivity contribution in [2.75, 3.05) is 0 Å². The Balaban J connectivity index is -0.000000828. The quantitative estimate of drug-likeness (QED) is 0.0414. The summed E-state index contributed by atoms with van der Waals surface area (Å²) in [7, 11) is 0. The number of aliphatic carboxylic acids is 3. The van der Waals surface area contributed by atoms with Gasteiger partial charge in [-0.2, -0.15) is 0 Å². The summed E-state index contributed by atoms with van der Waals surface area (Å²) in [6.45, 7) is 6.82. The van der Waals surface area contributed by atoms with Crippen LogP contribution in [0.25, 0.3) is 0 Å². The van der Waals surface area contributed by atoms with Gasteiger partial charge in [-0.3, -0.25) is 9.59 Å². The first kappa shape index (κ1) is 64.3. The van der Waals surface area contributed by atoms with Gasteiger partial charge in [0.15, 0.2) is 0 Å². The Bertz CT molecular complexity index is 807. The van der Waals surface area contributed by atoms with Gasteiger partial charge in [-0.05, 0) is 12.8 Å². The summed E-state index contributed by atoms with van der Waals surface area (Å²) in [5.41, 5.74) is 0. The molecule has 0 bridgehead atoms. The maximum absolute atomic E-state index is 10.4. The normalized spacial score (nSPS) is 11.4. The third-order valence-electron chi connectivity index (χ3n) is 12.2. The first-order valence-corrected chi connectivity index (χ1v) is 28.9. The van der Waals surface area contributed by atoms with Crippen LogP contribution in [0.2, 0.25) is 4.51 Å². The summed E-state index contributed by atoms with van der Waals surface area (Å²) < 4.78 is 1.02. The van der Waals surface area contributed by atoms with Crippen LogP contribution in [0, 0.1) is 0 Å². The van der Waals surface area contributed by atoms with Gasteiger partial charge in [-0.25, -0.2) is 0 Å². The Morgan fingerprint density at radius 3 is 0.590 bits per heavy atom. The van der Waals surface area contributed by atoms with Gasteiger partial charge in [0.05, 0.1) is 0 Å². The number of hydrogen-bond donors (Lipinski definition) is 3. The van der Waals surface area contributed by atoms with E-state index in [2.05, 4.69) is 20.8 Å². The van der Waals surface area contributed by atoms with Gasteiger partial charge in [0.2, 0.25) is 0 Å². The molecule has 0 aliphatic heterocycles. The third-order valence-corrected chi connectivity index (χ3v) is 13.9. The molecular formula is C54H107O6Zn. The van der Waals surface area contributed by atoms with E-state index in [0.717, 1.165) is 43.0 Å². The van der Waals surface area contributed by atoms with Gasteiger partial charge in [0.1, 0.15) is 0 Å². The zero-order chi connectivity index (χ0) is 45.5. The van der Waals surface area contributed by atoms with Crippen LogP contribution in [0.4, 0.5) is 0 Å². The first-order valence-electron chi connectivity index (χ1n) is 27.2. The first-order chi connectivity index (χ1) is 29.7. The van der Waals surface area contributed by atoms with Crippen LogP contribution in [0.3, 0.4) is 0 Å². The molecule has 0 saturated heterocycles. The summed E-state index contributed by atoms with van der Waals surface area (Å²) >= 11 is 1.47. The van der Waals surface area contributed by atoms with Crippen molar-refractivity contribution in [2.45, 2.75) is 327 Å². The van der Waals surface area contributed by atoms with E-state index in [9.17, 15) is 14.4 Å². The van der Waals surface area contributed by atoms with Crippen molar-refractivity contribution in [3.63, 3.8) is 0 Å². The van der Waals surface area contributed by atoms with Crippen LogP contribution in [0.15, 0.2) is 0 Å². The Kier molecular flexibility index (Phi) is 62.2. The number of unbranched alkanes of at least 4 members (excludes halogenated alkanes) is 38. The molecule has 0 amide bonds. The molecule has 7 heteroatoms. The summed E-state index contributed by atoms with van der Waals surface area (Å²) in [5.74, 6) is -1.96.